The molecule has 8 heavy (non-hydrogen) atoms. The molecule has 0 fully saturated rings. The summed E-state index contributed by atoms with van der Waals surface area (Å²) >= 11 is 2.75. The minimum atomic E-state index is 0.164. The van der Waals surface area contributed by atoms with E-state index in [1.165, 1.54) is 0 Å². The SMILES string of the molecule is CC(C)[C](C)(C)[Mg][I]. The first-order valence-corrected chi connectivity index (χ1v) is 8.88. The van der Waals surface area contributed by atoms with Gasteiger partial charge in [-0.05, 0) is 0 Å². The van der Waals surface area contributed by atoms with Gasteiger partial charge >= 0.3 is 16.5 Å². The van der Waals surface area contributed by atoms with Crippen molar-refractivity contribution in [2.45, 2.75) is 31.2 Å². The zero-order valence-electron chi connectivity index (χ0n) is 6.16. The second-order valence-corrected chi connectivity index (χ2v) is 7.66. The maximum atomic E-state index is 2.58. The molecule has 46 valence electrons. The van der Waals surface area contributed by atoms with Gasteiger partial charge in [0, 0.05) is 0 Å². The standard InChI is InChI=1S/C6H13.HI.Mg/c1-5(2)6(3)4;;/h5H,1-4H3;1H;/q;;+1/p-1. The predicted octanol–water partition coefficient (Wildman–Crippen LogP) is 2.90. The van der Waals surface area contributed by atoms with Gasteiger partial charge in [-0.15, -0.1) is 3.54 Å². The van der Waals surface area contributed by atoms with Gasteiger partial charge < -0.3 is 18.9 Å². The van der Waals surface area contributed by atoms with E-state index in [1.54, 1.807) is 0 Å². The summed E-state index contributed by atoms with van der Waals surface area (Å²) in [6.45, 7) is 9.37. The summed E-state index contributed by atoms with van der Waals surface area (Å²) in [7, 11) is 0. The van der Waals surface area contributed by atoms with Crippen molar-refractivity contribution in [1.82, 2.24) is 0 Å². The lowest BCUT2D eigenvalue weighted by molar-refractivity contribution is 0.480. The van der Waals surface area contributed by atoms with E-state index in [9.17, 15) is 0 Å². The zero-order valence-corrected chi connectivity index (χ0v) is 9.73. The Balaban J connectivity index is 3.71. The van der Waals surface area contributed by atoms with E-state index in [4.69, 9.17) is 0 Å². The maximum absolute atomic E-state index is 2.58. The summed E-state index contributed by atoms with van der Waals surface area (Å²) in [5.74, 6) is 0.867. The van der Waals surface area contributed by atoms with Crippen LogP contribution in [0.2, 0.25) is 3.54 Å². The minimum Gasteiger partial charge on any atom is -0.300 e. The highest BCUT2D eigenvalue weighted by molar-refractivity contribution is 14.1. The van der Waals surface area contributed by atoms with Crippen LogP contribution >= 0.6 is 18.9 Å². The monoisotopic (exact) mass is 236 g/mol. The Labute approximate surface area is 71.9 Å². The van der Waals surface area contributed by atoms with Crippen LogP contribution in [0.25, 0.3) is 0 Å². The van der Waals surface area contributed by atoms with Crippen LogP contribution < -0.4 is 0 Å². The third-order valence-corrected chi connectivity index (χ3v) is 9.31. The van der Waals surface area contributed by atoms with Crippen molar-refractivity contribution in [2.75, 3.05) is 0 Å². The van der Waals surface area contributed by atoms with Crippen LogP contribution in [0.4, 0.5) is 0 Å². The van der Waals surface area contributed by atoms with E-state index >= 15 is 0 Å². The van der Waals surface area contributed by atoms with Crippen LogP contribution in [-0.4, -0.2) is 16.5 Å². The van der Waals surface area contributed by atoms with Gasteiger partial charge in [-0.25, -0.2) is 0 Å². The zero-order chi connectivity index (χ0) is 6.78. The lowest BCUT2D eigenvalue weighted by Crippen LogP contribution is -2.14. The van der Waals surface area contributed by atoms with Gasteiger partial charge in [0.15, 0.2) is 0 Å². The molecule has 0 aromatic heterocycles. The first-order chi connectivity index (χ1) is 3.50. The van der Waals surface area contributed by atoms with Crippen molar-refractivity contribution >= 4 is 35.3 Å². The molecule has 0 rings (SSSR count). The molecule has 0 radical (unpaired) electrons. The van der Waals surface area contributed by atoms with E-state index in [2.05, 4.69) is 46.5 Å². The van der Waals surface area contributed by atoms with Crippen molar-refractivity contribution < 1.29 is 0 Å². The fraction of sp³-hybridized carbons (Fsp3) is 1.00. The van der Waals surface area contributed by atoms with E-state index in [1.807, 2.05) is 0 Å². The average Bonchev–Trinajstić information content (AvgIpc) is 1.67. The average molecular weight is 236 g/mol. The molecule has 0 saturated heterocycles. The fourth-order valence-electron chi connectivity index (χ4n) is 0.154. The number of hydrogen-bond donors (Lipinski definition) is 0. The fourth-order valence-corrected chi connectivity index (χ4v) is 3.11. The molecular weight excluding hydrogens is 223 g/mol. The third kappa shape index (κ3) is 2.87. The molecule has 0 bridgehead atoms. The van der Waals surface area contributed by atoms with E-state index in [0.29, 0.717) is 3.54 Å². The Hall–Kier alpha value is 1.50. The van der Waals surface area contributed by atoms with Crippen LogP contribution in [0, 0.1) is 5.92 Å². The van der Waals surface area contributed by atoms with Gasteiger partial charge in [0.1, 0.15) is 0 Å². The van der Waals surface area contributed by atoms with Gasteiger partial charge in [0.2, 0.25) is 0 Å². The predicted molar refractivity (Wildman–Crippen MR) is 48.7 cm³/mol. The summed E-state index contributed by atoms with van der Waals surface area (Å²) < 4.78 is 0.667. The largest absolute Gasteiger partial charge is 0.470 e. The Morgan fingerprint density at radius 1 is 1.38 bits per heavy atom. The lowest BCUT2D eigenvalue weighted by atomic mass is 9.99. The molecule has 0 heterocycles. The smallest absolute Gasteiger partial charge is 0.300 e. The van der Waals surface area contributed by atoms with Crippen molar-refractivity contribution in [2.24, 2.45) is 5.92 Å². The van der Waals surface area contributed by atoms with Crippen LogP contribution in [0.15, 0.2) is 0 Å². The normalized spacial score (nSPS) is 11.8. The van der Waals surface area contributed by atoms with Gasteiger partial charge in [-0.1, -0.05) is 33.6 Å². The topological polar surface area (TPSA) is 0 Å². The molecule has 0 aliphatic heterocycles. The number of rotatable bonds is 2. The lowest BCUT2D eigenvalue weighted by Gasteiger charge is -2.26. The summed E-state index contributed by atoms with van der Waals surface area (Å²) in [6, 6.07) is 0. The van der Waals surface area contributed by atoms with Crippen molar-refractivity contribution in [3.63, 3.8) is 0 Å². The first kappa shape index (κ1) is 9.50. The van der Waals surface area contributed by atoms with Crippen LogP contribution in [0.3, 0.4) is 0 Å². The summed E-state index contributed by atoms with van der Waals surface area (Å²) in [4.78, 5) is 0. The molecule has 0 amide bonds. The number of hydrogen-bond acceptors (Lipinski definition) is 0. The first-order valence-electron chi connectivity index (χ1n) is 3.06. The molecule has 0 atom stereocenters. The van der Waals surface area contributed by atoms with Gasteiger partial charge in [-0.2, -0.15) is 0 Å². The highest BCUT2D eigenvalue weighted by atomic mass is 127. The van der Waals surface area contributed by atoms with Crippen molar-refractivity contribution in [3.05, 3.63) is 0 Å². The molecule has 0 unspecified atom stereocenters. The molecule has 2 heteroatoms. The van der Waals surface area contributed by atoms with Crippen LogP contribution in [0.5, 0.6) is 0 Å². The Kier molecular flexibility index (Phi) is 4.29. The highest BCUT2D eigenvalue weighted by Gasteiger charge is 2.22. The maximum Gasteiger partial charge on any atom is 0.470 e. The van der Waals surface area contributed by atoms with E-state index < -0.39 is 0 Å². The summed E-state index contributed by atoms with van der Waals surface area (Å²) in [6.07, 6.45) is 0. The molecule has 0 nitrogen and oxygen atoms in total. The molecule has 0 saturated carbocycles. The highest BCUT2D eigenvalue weighted by Crippen LogP contribution is 2.33. The Bertz CT molecular complexity index is 68.9. The molecule has 0 aromatic rings. The minimum absolute atomic E-state index is 0.164. The molecular formula is C6H13IMg. The Morgan fingerprint density at radius 2 is 1.75 bits per heavy atom. The van der Waals surface area contributed by atoms with Gasteiger partial charge in [0.05, 0.1) is 0 Å². The second-order valence-electron chi connectivity index (χ2n) is 3.28. The van der Waals surface area contributed by atoms with Crippen LogP contribution in [0.1, 0.15) is 27.7 Å². The molecule has 0 N–H and O–H groups in total. The Morgan fingerprint density at radius 3 is 1.75 bits per heavy atom. The quantitative estimate of drug-likeness (QED) is 0.511. The van der Waals surface area contributed by atoms with Crippen LogP contribution in [-0.2, 0) is 0 Å². The molecule has 0 aliphatic rings. The van der Waals surface area contributed by atoms with Gasteiger partial charge in [0.25, 0.3) is 0 Å². The van der Waals surface area contributed by atoms with E-state index in [0.717, 1.165) is 5.92 Å². The molecule has 0 spiro atoms. The summed E-state index contributed by atoms with van der Waals surface area (Å²) in [5, 5.41) is 0. The van der Waals surface area contributed by atoms with Gasteiger partial charge in [-0.3, -0.25) is 0 Å². The van der Waals surface area contributed by atoms with Crippen molar-refractivity contribution in [1.29, 1.82) is 0 Å². The van der Waals surface area contributed by atoms with E-state index in [-0.39, 0.29) is 16.5 Å². The molecule has 0 aliphatic carbocycles. The summed E-state index contributed by atoms with van der Waals surface area (Å²) in [5.41, 5.74) is 0. The number of halogens is 1. The second kappa shape index (κ2) is 3.61. The van der Waals surface area contributed by atoms with Crippen molar-refractivity contribution in [3.8, 4) is 0 Å². The molecule has 0 aromatic carbocycles. The third-order valence-electron chi connectivity index (χ3n) is 1.91.